The monoisotopic (exact) mass is 266 g/mol. The molecule has 0 aliphatic carbocycles. The minimum atomic E-state index is -0.581. The summed E-state index contributed by atoms with van der Waals surface area (Å²) in [5, 5.41) is 11.0. The molecule has 0 saturated heterocycles. The fraction of sp³-hybridized carbons (Fsp3) is 0.462. The number of carbonyl (C=O) groups is 1. The summed E-state index contributed by atoms with van der Waals surface area (Å²) in [5.74, 6) is -0.296. The number of rotatable bonds is 5. The van der Waals surface area contributed by atoms with E-state index in [1.807, 2.05) is 13.8 Å². The Hall–Kier alpha value is -2.11. The van der Waals surface area contributed by atoms with E-state index in [-0.39, 0.29) is 29.5 Å². The third kappa shape index (κ3) is 3.67. The van der Waals surface area contributed by atoms with Gasteiger partial charge in [0.2, 0.25) is 0 Å². The molecule has 6 heteroatoms. The number of nitro groups is 1. The lowest BCUT2D eigenvalue weighted by atomic mass is 9.98. The first kappa shape index (κ1) is 14.9. The molecular formula is C13H18N2O4. The van der Waals surface area contributed by atoms with Crippen molar-refractivity contribution in [1.29, 1.82) is 0 Å². The molecule has 2 N–H and O–H groups in total. The quantitative estimate of drug-likeness (QED) is 0.382. The smallest absolute Gasteiger partial charge is 0.338 e. The van der Waals surface area contributed by atoms with Gasteiger partial charge in [-0.3, -0.25) is 10.1 Å². The van der Waals surface area contributed by atoms with E-state index in [0.29, 0.717) is 12.0 Å². The Kier molecular flexibility index (Phi) is 4.86. The van der Waals surface area contributed by atoms with E-state index < -0.39 is 10.9 Å². The van der Waals surface area contributed by atoms with Gasteiger partial charge >= 0.3 is 5.97 Å². The number of nitro benzene ring substituents is 1. The summed E-state index contributed by atoms with van der Waals surface area (Å²) in [6.45, 7) is 5.85. The molecule has 1 aromatic rings. The van der Waals surface area contributed by atoms with Crippen LogP contribution >= 0.6 is 0 Å². The number of hydrogen-bond acceptors (Lipinski definition) is 5. The second kappa shape index (κ2) is 6.17. The maximum Gasteiger partial charge on any atom is 0.338 e. The predicted molar refractivity (Wildman–Crippen MR) is 72.0 cm³/mol. The molecule has 0 atom stereocenters. The molecule has 0 saturated carbocycles. The van der Waals surface area contributed by atoms with Gasteiger partial charge in [-0.1, -0.05) is 13.8 Å². The zero-order valence-electron chi connectivity index (χ0n) is 11.3. The molecule has 1 rings (SSSR count). The SMILES string of the molecule is CCOC(=O)c1cc(CC(C)C)c(N)c([N+](=O)[O-])c1. The molecule has 0 amide bonds. The number of esters is 1. The zero-order valence-corrected chi connectivity index (χ0v) is 11.3. The van der Waals surface area contributed by atoms with Crippen molar-refractivity contribution in [2.75, 3.05) is 12.3 Å². The van der Waals surface area contributed by atoms with Gasteiger partial charge < -0.3 is 10.5 Å². The van der Waals surface area contributed by atoms with Crippen LogP contribution in [0.1, 0.15) is 36.7 Å². The summed E-state index contributed by atoms with van der Waals surface area (Å²) in [5.41, 5.74) is 6.42. The van der Waals surface area contributed by atoms with Gasteiger partial charge in [-0.05, 0) is 30.9 Å². The molecule has 0 spiro atoms. The van der Waals surface area contributed by atoms with Gasteiger partial charge in [0, 0.05) is 6.07 Å². The third-order valence-corrected chi connectivity index (χ3v) is 2.58. The summed E-state index contributed by atoms with van der Waals surface area (Å²) >= 11 is 0. The van der Waals surface area contributed by atoms with Crippen molar-refractivity contribution in [2.24, 2.45) is 5.92 Å². The number of benzene rings is 1. The van der Waals surface area contributed by atoms with Crippen LogP contribution in [0.5, 0.6) is 0 Å². The van der Waals surface area contributed by atoms with Crippen LogP contribution in [-0.4, -0.2) is 17.5 Å². The standard InChI is InChI=1S/C13H18N2O4/c1-4-19-13(16)10-6-9(5-8(2)3)12(14)11(7-10)15(17)18/h6-8H,4-5,14H2,1-3H3. The lowest BCUT2D eigenvalue weighted by Crippen LogP contribution is -2.10. The lowest BCUT2D eigenvalue weighted by molar-refractivity contribution is -0.384. The van der Waals surface area contributed by atoms with Gasteiger partial charge in [0.15, 0.2) is 0 Å². The van der Waals surface area contributed by atoms with Gasteiger partial charge in [-0.15, -0.1) is 0 Å². The highest BCUT2D eigenvalue weighted by atomic mass is 16.6. The van der Waals surface area contributed by atoms with Crippen LogP contribution < -0.4 is 5.73 Å². The Morgan fingerprint density at radius 3 is 2.58 bits per heavy atom. The number of nitrogens with zero attached hydrogens (tertiary/aromatic N) is 1. The van der Waals surface area contributed by atoms with E-state index in [2.05, 4.69) is 0 Å². The van der Waals surface area contributed by atoms with Crippen molar-refractivity contribution < 1.29 is 14.5 Å². The first-order valence-corrected chi connectivity index (χ1v) is 6.10. The zero-order chi connectivity index (χ0) is 14.6. The predicted octanol–water partition coefficient (Wildman–Crippen LogP) is 2.55. The summed E-state index contributed by atoms with van der Waals surface area (Å²) in [4.78, 5) is 22.1. The van der Waals surface area contributed by atoms with Gasteiger partial charge in [0.1, 0.15) is 5.69 Å². The molecule has 0 fully saturated rings. The van der Waals surface area contributed by atoms with E-state index in [4.69, 9.17) is 10.5 Å². The van der Waals surface area contributed by atoms with Crippen LogP contribution in [0.3, 0.4) is 0 Å². The maximum absolute atomic E-state index is 11.7. The van der Waals surface area contributed by atoms with Gasteiger partial charge in [0.05, 0.1) is 17.1 Å². The molecular weight excluding hydrogens is 248 g/mol. The van der Waals surface area contributed by atoms with E-state index >= 15 is 0 Å². The van der Waals surface area contributed by atoms with Crippen molar-refractivity contribution >= 4 is 17.3 Å². The fourth-order valence-corrected chi connectivity index (χ4v) is 1.79. The van der Waals surface area contributed by atoms with Gasteiger partial charge in [-0.2, -0.15) is 0 Å². The highest BCUT2D eigenvalue weighted by molar-refractivity contribution is 5.92. The number of nitrogens with two attached hydrogens (primary N) is 1. The van der Waals surface area contributed by atoms with Crippen molar-refractivity contribution in [1.82, 2.24) is 0 Å². The van der Waals surface area contributed by atoms with Crippen molar-refractivity contribution in [3.8, 4) is 0 Å². The van der Waals surface area contributed by atoms with Crippen LogP contribution in [-0.2, 0) is 11.2 Å². The molecule has 0 bridgehead atoms. The minimum Gasteiger partial charge on any atom is -0.462 e. The molecule has 0 aliphatic heterocycles. The maximum atomic E-state index is 11.7. The Morgan fingerprint density at radius 1 is 1.47 bits per heavy atom. The van der Waals surface area contributed by atoms with E-state index in [1.54, 1.807) is 13.0 Å². The summed E-state index contributed by atoms with van der Waals surface area (Å²) in [6, 6.07) is 2.73. The molecule has 0 heterocycles. The lowest BCUT2D eigenvalue weighted by Gasteiger charge is -2.11. The number of nitrogen functional groups attached to an aromatic ring is 1. The molecule has 6 nitrogen and oxygen atoms in total. The molecule has 0 unspecified atom stereocenters. The number of carbonyl (C=O) groups excluding carboxylic acids is 1. The second-order valence-electron chi connectivity index (χ2n) is 4.64. The highest BCUT2D eigenvalue weighted by Gasteiger charge is 2.21. The summed E-state index contributed by atoms with van der Waals surface area (Å²) in [7, 11) is 0. The van der Waals surface area contributed by atoms with E-state index in [1.165, 1.54) is 0 Å². The average molecular weight is 266 g/mol. The number of ether oxygens (including phenoxy) is 1. The Morgan fingerprint density at radius 2 is 2.11 bits per heavy atom. The molecule has 0 radical (unpaired) electrons. The summed E-state index contributed by atoms with van der Waals surface area (Å²) < 4.78 is 4.86. The Labute approximate surface area is 111 Å². The number of anilines is 1. The van der Waals surface area contributed by atoms with Crippen LogP contribution in [0.4, 0.5) is 11.4 Å². The number of hydrogen-bond donors (Lipinski definition) is 1. The Bertz CT molecular complexity index is 498. The van der Waals surface area contributed by atoms with E-state index in [0.717, 1.165) is 6.07 Å². The first-order chi connectivity index (χ1) is 8.86. The largest absolute Gasteiger partial charge is 0.462 e. The highest BCUT2D eigenvalue weighted by Crippen LogP contribution is 2.29. The first-order valence-electron chi connectivity index (χ1n) is 6.10. The van der Waals surface area contributed by atoms with Crippen molar-refractivity contribution in [3.63, 3.8) is 0 Å². The van der Waals surface area contributed by atoms with Crippen molar-refractivity contribution in [2.45, 2.75) is 27.2 Å². The summed E-state index contributed by atoms with van der Waals surface area (Å²) in [6.07, 6.45) is 0.569. The van der Waals surface area contributed by atoms with Crippen LogP contribution in [0.15, 0.2) is 12.1 Å². The van der Waals surface area contributed by atoms with Gasteiger partial charge in [0.25, 0.3) is 5.69 Å². The van der Waals surface area contributed by atoms with Crippen LogP contribution in [0.2, 0.25) is 0 Å². The normalized spacial score (nSPS) is 10.5. The molecule has 19 heavy (non-hydrogen) atoms. The minimum absolute atomic E-state index is 0.117. The molecule has 104 valence electrons. The van der Waals surface area contributed by atoms with Gasteiger partial charge in [-0.25, -0.2) is 4.79 Å². The van der Waals surface area contributed by atoms with Crippen LogP contribution in [0, 0.1) is 16.0 Å². The topological polar surface area (TPSA) is 95.5 Å². The molecule has 1 aromatic carbocycles. The van der Waals surface area contributed by atoms with Crippen molar-refractivity contribution in [3.05, 3.63) is 33.4 Å². The fourth-order valence-electron chi connectivity index (χ4n) is 1.79. The average Bonchev–Trinajstić information content (AvgIpc) is 2.30. The Balaban J connectivity index is 3.30. The molecule has 0 aromatic heterocycles. The third-order valence-electron chi connectivity index (χ3n) is 2.58. The second-order valence-corrected chi connectivity index (χ2v) is 4.64. The molecule has 0 aliphatic rings. The van der Waals surface area contributed by atoms with E-state index in [9.17, 15) is 14.9 Å². The van der Waals surface area contributed by atoms with Crippen LogP contribution in [0.25, 0.3) is 0 Å².